The van der Waals surface area contributed by atoms with Crippen LogP contribution in [0.2, 0.25) is 0 Å². The monoisotopic (exact) mass is 198 g/mol. The molecule has 0 saturated carbocycles. The zero-order valence-corrected chi connectivity index (χ0v) is 8.57. The lowest BCUT2D eigenvalue weighted by Gasteiger charge is -2.08. The van der Waals surface area contributed by atoms with Crippen molar-refractivity contribution in [2.45, 2.75) is 13.1 Å². The number of methoxy groups -OCH3 is 1. The summed E-state index contributed by atoms with van der Waals surface area (Å²) in [7, 11) is 1.70. The number of ether oxygens (including phenoxy) is 1. The van der Waals surface area contributed by atoms with Crippen molar-refractivity contribution in [3.8, 4) is 0 Å². The van der Waals surface area contributed by atoms with E-state index in [0.29, 0.717) is 6.54 Å². The van der Waals surface area contributed by atoms with Gasteiger partial charge in [-0.1, -0.05) is 0 Å². The Morgan fingerprint density at radius 1 is 1.57 bits per heavy atom. The van der Waals surface area contributed by atoms with Crippen molar-refractivity contribution in [2.24, 2.45) is 0 Å². The lowest BCUT2D eigenvalue weighted by atomic mass is 10.4. The van der Waals surface area contributed by atoms with Gasteiger partial charge >= 0.3 is 0 Å². The van der Waals surface area contributed by atoms with Crippen molar-refractivity contribution in [2.75, 3.05) is 26.9 Å². The molecule has 0 aliphatic heterocycles. The van der Waals surface area contributed by atoms with E-state index in [4.69, 9.17) is 9.84 Å². The van der Waals surface area contributed by atoms with E-state index in [2.05, 4.69) is 16.0 Å². The first kappa shape index (κ1) is 11.2. The third-order valence-electron chi connectivity index (χ3n) is 2.05. The maximum atomic E-state index is 8.62. The Morgan fingerprint density at radius 3 is 3.14 bits per heavy atom. The molecule has 14 heavy (non-hydrogen) atoms. The van der Waals surface area contributed by atoms with Crippen LogP contribution in [0, 0.1) is 0 Å². The molecule has 4 heteroatoms. The molecule has 4 nitrogen and oxygen atoms in total. The molecule has 0 spiro atoms. The third kappa shape index (κ3) is 3.49. The number of nitrogens with one attached hydrogen (secondary N) is 1. The summed E-state index contributed by atoms with van der Waals surface area (Å²) in [5.41, 5.74) is 1.22. The Bertz CT molecular complexity index is 248. The fourth-order valence-corrected chi connectivity index (χ4v) is 1.31. The Labute approximate surface area is 84.5 Å². The van der Waals surface area contributed by atoms with Gasteiger partial charge in [-0.2, -0.15) is 0 Å². The van der Waals surface area contributed by atoms with Crippen LogP contribution in [0.3, 0.4) is 0 Å². The van der Waals surface area contributed by atoms with E-state index in [1.165, 1.54) is 5.69 Å². The van der Waals surface area contributed by atoms with Crippen molar-refractivity contribution in [1.29, 1.82) is 0 Å². The van der Waals surface area contributed by atoms with Crippen LogP contribution in [0.4, 0.5) is 0 Å². The van der Waals surface area contributed by atoms with Gasteiger partial charge in [0.1, 0.15) is 0 Å². The molecule has 0 aromatic carbocycles. The van der Waals surface area contributed by atoms with E-state index < -0.39 is 0 Å². The van der Waals surface area contributed by atoms with Crippen LogP contribution in [-0.2, 0) is 17.8 Å². The topological polar surface area (TPSA) is 46.4 Å². The van der Waals surface area contributed by atoms with Crippen molar-refractivity contribution in [3.63, 3.8) is 0 Å². The Balaban J connectivity index is 2.37. The van der Waals surface area contributed by atoms with Gasteiger partial charge in [0.15, 0.2) is 0 Å². The van der Waals surface area contributed by atoms with Gasteiger partial charge in [0.25, 0.3) is 0 Å². The predicted octanol–water partition coefficient (Wildman–Crippen LogP) is 0.216. The second kappa shape index (κ2) is 6.59. The van der Waals surface area contributed by atoms with Gasteiger partial charge in [-0.3, -0.25) is 0 Å². The largest absolute Gasteiger partial charge is 0.395 e. The predicted molar refractivity (Wildman–Crippen MR) is 55.1 cm³/mol. The summed E-state index contributed by atoms with van der Waals surface area (Å²) in [5.74, 6) is 0. The minimum absolute atomic E-state index is 0.179. The first-order valence-electron chi connectivity index (χ1n) is 4.83. The van der Waals surface area contributed by atoms with E-state index in [9.17, 15) is 0 Å². The molecule has 0 fully saturated rings. The maximum absolute atomic E-state index is 8.62. The number of hydrogen-bond acceptors (Lipinski definition) is 3. The number of aliphatic hydroxyl groups excluding tert-OH is 1. The van der Waals surface area contributed by atoms with Gasteiger partial charge in [0.2, 0.25) is 0 Å². The van der Waals surface area contributed by atoms with Crippen LogP contribution in [0.1, 0.15) is 5.69 Å². The maximum Gasteiger partial charge on any atom is 0.0641 e. The summed E-state index contributed by atoms with van der Waals surface area (Å²) in [6.45, 7) is 3.20. The molecule has 0 bridgehead atoms. The first-order valence-corrected chi connectivity index (χ1v) is 4.83. The molecular weight excluding hydrogens is 180 g/mol. The minimum atomic E-state index is 0.179. The summed E-state index contributed by atoms with van der Waals surface area (Å²) in [6.07, 6.45) is 2.04. The molecule has 0 unspecified atom stereocenters. The van der Waals surface area contributed by atoms with Crippen LogP contribution in [0.5, 0.6) is 0 Å². The van der Waals surface area contributed by atoms with Gasteiger partial charge in [-0.25, -0.2) is 0 Å². The second-order valence-electron chi connectivity index (χ2n) is 3.09. The summed E-state index contributed by atoms with van der Waals surface area (Å²) < 4.78 is 7.16. The first-order chi connectivity index (χ1) is 6.88. The standard InChI is InChI=1S/C10H18N2O2/c1-14-8-6-12-5-2-3-10(12)9-11-4-7-13/h2-3,5,11,13H,4,6-9H2,1H3. The van der Waals surface area contributed by atoms with Crippen LogP contribution < -0.4 is 5.32 Å². The van der Waals surface area contributed by atoms with Crippen molar-refractivity contribution in [3.05, 3.63) is 24.0 Å². The quantitative estimate of drug-likeness (QED) is 0.616. The molecule has 0 saturated heterocycles. The second-order valence-corrected chi connectivity index (χ2v) is 3.09. The SMILES string of the molecule is COCCn1cccc1CNCCO. The highest BCUT2D eigenvalue weighted by Gasteiger charge is 1.99. The lowest BCUT2D eigenvalue weighted by Crippen LogP contribution is -2.20. The van der Waals surface area contributed by atoms with Crippen molar-refractivity contribution >= 4 is 0 Å². The Hall–Kier alpha value is -0.840. The van der Waals surface area contributed by atoms with Crippen LogP contribution >= 0.6 is 0 Å². The van der Waals surface area contributed by atoms with Crippen LogP contribution in [-0.4, -0.2) is 36.5 Å². The average Bonchev–Trinajstić information content (AvgIpc) is 2.63. The summed E-state index contributed by atoms with van der Waals surface area (Å²) in [5, 5.41) is 11.8. The molecule has 1 aromatic rings. The molecule has 0 radical (unpaired) electrons. The van der Waals surface area contributed by atoms with Gasteiger partial charge in [-0.05, 0) is 12.1 Å². The molecular formula is C10H18N2O2. The number of aliphatic hydroxyl groups is 1. The molecule has 0 amide bonds. The summed E-state index contributed by atoms with van der Waals surface area (Å²) in [4.78, 5) is 0. The van der Waals surface area contributed by atoms with E-state index >= 15 is 0 Å². The molecule has 80 valence electrons. The molecule has 1 aromatic heterocycles. The smallest absolute Gasteiger partial charge is 0.0641 e. The molecule has 1 rings (SSSR count). The van der Waals surface area contributed by atoms with Crippen LogP contribution in [0.15, 0.2) is 18.3 Å². The number of nitrogens with zero attached hydrogens (tertiary/aromatic N) is 1. The zero-order chi connectivity index (χ0) is 10.2. The highest BCUT2D eigenvalue weighted by Crippen LogP contribution is 2.01. The van der Waals surface area contributed by atoms with Crippen molar-refractivity contribution in [1.82, 2.24) is 9.88 Å². The molecule has 0 atom stereocenters. The molecule has 0 aliphatic rings. The van der Waals surface area contributed by atoms with E-state index in [1.807, 2.05) is 12.3 Å². The summed E-state index contributed by atoms with van der Waals surface area (Å²) in [6, 6.07) is 4.09. The van der Waals surface area contributed by atoms with E-state index in [0.717, 1.165) is 19.7 Å². The van der Waals surface area contributed by atoms with Gasteiger partial charge < -0.3 is 19.7 Å². The fraction of sp³-hybridized carbons (Fsp3) is 0.600. The summed E-state index contributed by atoms with van der Waals surface area (Å²) >= 11 is 0. The van der Waals surface area contributed by atoms with Crippen LogP contribution in [0.25, 0.3) is 0 Å². The van der Waals surface area contributed by atoms with Gasteiger partial charge in [0, 0.05) is 38.6 Å². The highest BCUT2D eigenvalue weighted by molar-refractivity contribution is 5.06. The van der Waals surface area contributed by atoms with E-state index in [-0.39, 0.29) is 6.61 Å². The Morgan fingerprint density at radius 2 is 2.43 bits per heavy atom. The Kier molecular flexibility index (Phi) is 5.29. The van der Waals surface area contributed by atoms with E-state index in [1.54, 1.807) is 7.11 Å². The number of hydrogen-bond donors (Lipinski definition) is 2. The third-order valence-corrected chi connectivity index (χ3v) is 2.05. The highest BCUT2D eigenvalue weighted by atomic mass is 16.5. The van der Waals surface area contributed by atoms with Crippen molar-refractivity contribution < 1.29 is 9.84 Å². The minimum Gasteiger partial charge on any atom is -0.395 e. The zero-order valence-electron chi connectivity index (χ0n) is 8.57. The lowest BCUT2D eigenvalue weighted by molar-refractivity contribution is 0.186. The van der Waals surface area contributed by atoms with Gasteiger partial charge in [-0.15, -0.1) is 0 Å². The normalized spacial score (nSPS) is 10.7. The molecule has 1 heterocycles. The molecule has 2 N–H and O–H groups in total. The fourth-order valence-electron chi connectivity index (χ4n) is 1.31. The van der Waals surface area contributed by atoms with Gasteiger partial charge in [0.05, 0.1) is 13.2 Å². The molecule has 0 aliphatic carbocycles. The number of rotatable bonds is 7. The average molecular weight is 198 g/mol. The number of aromatic nitrogens is 1.